The monoisotopic (exact) mass is 307 g/mol. The molecule has 0 aromatic heterocycles. The van der Waals surface area contributed by atoms with Crippen LogP contribution >= 0.6 is 11.6 Å². The highest BCUT2D eigenvalue weighted by atomic mass is 35.5. The highest BCUT2D eigenvalue weighted by molar-refractivity contribution is 6.30. The van der Waals surface area contributed by atoms with E-state index in [9.17, 15) is 4.39 Å². The zero-order valence-electron chi connectivity index (χ0n) is 12.2. The summed E-state index contributed by atoms with van der Waals surface area (Å²) in [5, 5.41) is 0.122. The first kappa shape index (κ1) is 15.8. The van der Waals surface area contributed by atoms with Gasteiger partial charge in [0, 0.05) is 0 Å². The van der Waals surface area contributed by atoms with Crippen molar-refractivity contribution in [2.45, 2.75) is 26.9 Å². The molecule has 0 amide bonds. The van der Waals surface area contributed by atoms with E-state index < -0.39 is 5.82 Å². The van der Waals surface area contributed by atoms with Crippen molar-refractivity contribution in [2.24, 2.45) is 5.73 Å². The van der Waals surface area contributed by atoms with Crippen LogP contribution in [0.2, 0.25) is 5.02 Å². The Labute approximate surface area is 129 Å². The molecule has 4 heteroatoms. The van der Waals surface area contributed by atoms with Gasteiger partial charge in [-0.25, -0.2) is 4.39 Å². The number of ether oxygens (including phenoxy) is 1. The van der Waals surface area contributed by atoms with E-state index in [4.69, 9.17) is 22.1 Å². The summed E-state index contributed by atoms with van der Waals surface area (Å²) in [6.45, 7) is 4.95. The second kappa shape index (κ2) is 6.92. The van der Waals surface area contributed by atoms with Crippen molar-refractivity contribution in [3.05, 3.63) is 63.4 Å². The van der Waals surface area contributed by atoms with Crippen molar-refractivity contribution in [3.63, 3.8) is 0 Å². The smallest absolute Gasteiger partial charge is 0.142 e. The van der Waals surface area contributed by atoms with Gasteiger partial charge in [-0.05, 0) is 61.2 Å². The van der Waals surface area contributed by atoms with Gasteiger partial charge in [0.1, 0.15) is 18.2 Å². The summed E-state index contributed by atoms with van der Waals surface area (Å²) >= 11 is 5.67. The van der Waals surface area contributed by atoms with Gasteiger partial charge in [0.15, 0.2) is 0 Å². The second-order valence-corrected chi connectivity index (χ2v) is 5.54. The maximum absolute atomic E-state index is 13.4. The van der Waals surface area contributed by atoms with E-state index >= 15 is 0 Å². The van der Waals surface area contributed by atoms with Gasteiger partial charge in [-0.15, -0.1) is 0 Å². The molecule has 2 aromatic rings. The van der Waals surface area contributed by atoms with E-state index in [-0.39, 0.29) is 5.02 Å². The average molecular weight is 308 g/mol. The number of halogens is 2. The molecule has 0 saturated carbocycles. The molecule has 2 aromatic carbocycles. The van der Waals surface area contributed by atoms with Crippen molar-refractivity contribution in [1.82, 2.24) is 0 Å². The topological polar surface area (TPSA) is 35.2 Å². The minimum Gasteiger partial charge on any atom is -0.488 e. The molecule has 2 N–H and O–H groups in total. The van der Waals surface area contributed by atoms with Crippen LogP contribution in [-0.4, -0.2) is 6.54 Å². The highest BCUT2D eigenvalue weighted by Crippen LogP contribution is 2.26. The molecule has 21 heavy (non-hydrogen) atoms. The fraction of sp³-hybridized carbons (Fsp3) is 0.294. The van der Waals surface area contributed by atoms with E-state index in [0.29, 0.717) is 13.2 Å². The van der Waals surface area contributed by atoms with Crippen LogP contribution in [0.4, 0.5) is 4.39 Å². The quantitative estimate of drug-likeness (QED) is 0.899. The summed E-state index contributed by atoms with van der Waals surface area (Å²) in [6, 6.07) is 8.86. The van der Waals surface area contributed by atoms with Crippen LogP contribution in [0.1, 0.15) is 22.3 Å². The Bertz CT molecular complexity index is 620. The molecule has 0 radical (unpaired) electrons. The molecule has 2 rings (SSSR count). The third-order valence-corrected chi connectivity index (χ3v) is 3.63. The van der Waals surface area contributed by atoms with Crippen LogP contribution in [0, 0.1) is 19.7 Å². The maximum atomic E-state index is 13.4. The lowest BCUT2D eigenvalue weighted by Gasteiger charge is -2.14. The SMILES string of the molecule is Cc1cc(CCN)cc(C)c1OCc1ccc(Cl)c(F)c1. The fourth-order valence-electron chi connectivity index (χ4n) is 2.36. The van der Waals surface area contributed by atoms with Crippen LogP contribution in [0.5, 0.6) is 5.75 Å². The zero-order valence-corrected chi connectivity index (χ0v) is 13.0. The molecule has 0 saturated heterocycles. The molecule has 0 aliphatic rings. The van der Waals surface area contributed by atoms with Gasteiger partial charge in [-0.1, -0.05) is 29.8 Å². The zero-order chi connectivity index (χ0) is 15.4. The Morgan fingerprint density at radius 1 is 1.10 bits per heavy atom. The van der Waals surface area contributed by atoms with E-state index in [1.165, 1.54) is 11.6 Å². The standard InChI is InChI=1S/C17H19ClFNO/c1-11-7-13(5-6-20)8-12(2)17(11)21-10-14-3-4-15(18)16(19)9-14/h3-4,7-9H,5-6,10,20H2,1-2H3. The molecular formula is C17H19ClFNO. The Morgan fingerprint density at radius 3 is 2.33 bits per heavy atom. The number of rotatable bonds is 5. The maximum Gasteiger partial charge on any atom is 0.142 e. The largest absolute Gasteiger partial charge is 0.488 e. The summed E-state index contributed by atoms with van der Waals surface area (Å²) in [4.78, 5) is 0. The molecule has 0 atom stereocenters. The van der Waals surface area contributed by atoms with Crippen molar-refractivity contribution in [1.29, 1.82) is 0 Å². The average Bonchev–Trinajstić information content (AvgIpc) is 2.42. The second-order valence-electron chi connectivity index (χ2n) is 5.13. The lowest BCUT2D eigenvalue weighted by molar-refractivity contribution is 0.301. The molecule has 2 nitrogen and oxygen atoms in total. The first-order valence-electron chi connectivity index (χ1n) is 6.88. The van der Waals surface area contributed by atoms with E-state index in [1.807, 2.05) is 13.8 Å². The minimum atomic E-state index is -0.426. The Morgan fingerprint density at radius 2 is 1.76 bits per heavy atom. The molecule has 0 aliphatic carbocycles. The number of hydrogen-bond donors (Lipinski definition) is 1. The van der Waals surface area contributed by atoms with Crippen molar-refractivity contribution in [3.8, 4) is 5.75 Å². The summed E-state index contributed by atoms with van der Waals surface area (Å²) in [6.07, 6.45) is 0.852. The number of aryl methyl sites for hydroxylation is 2. The van der Waals surface area contributed by atoms with Crippen molar-refractivity contribution >= 4 is 11.6 Å². The van der Waals surface area contributed by atoms with Crippen LogP contribution in [0.3, 0.4) is 0 Å². The molecule has 0 fully saturated rings. The number of benzene rings is 2. The summed E-state index contributed by atoms with van der Waals surface area (Å²) < 4.78 is 19.2. The Hall–Kier alpha value is -1.58. The van der Waals surface area contributed by atoms with Gasteiger partial charge in [-0.2, -0.15) is 0 Å². The van der Waals surface area contributed by atoms with Gasteiger partial charge < -0.3 is 10.5 Å². The van der Waals surface area contributed by atoms with E-state index in [1.54, 1.807) is 12.1 Å². The molecule has 0 unspecified atom stereocenters. The first-order valence-corrected chi connectivity index (χ1v) is 7.26. The molecule has 0 aliphatic heterocycles. The first-order chi connectivity index (χ1) is 10.0. The molecular weight excluding hydrogens is 289 g/mol. The van der Waals surface area contributed by atoms with Crippen LogP contribution in [0.25, 0.3) is 0 Å². The van der Waals surface area contributed by atoms with Gasteiger partial charge in [0.25, 0.3) is 0 Å². The van der Waals surface area contributed by atoms with Crippen LogP contribution < -0.4 is 10.5 Å². The van der Waals surface area contributed by atoms with E-state index in [0.717, 1.165) is 28.9 Å². The Kier molecular flexibility index (Phi) is 5.21. The number of nitrogens with two attached hydrogens (primary N) is 1. The van der Waals surface area contributed by atoms with E-state index in [2.05, 4.69) is 12.1 Å². The van der Waals surface area contributed by atoms with Crippen LogP contribution in [0.15, 0.2) is 30.3 Å². The van der Waals surface area contributed by atoms with Gasteiger partial charge >= 0.3 is 0 Å². The molecule has 0 spiro atoms. The lowest BCUT2D eigenvalue weighted by atomic mass is 10.0. The predicted molar refractivity (Wildman–Crippen MR) is 84.4 cm³/mol. The minimum absolute atomic E-state index is 0.122. The molecule has 0 heterocycles. The third-order valence-electron chi connectivity index (χ3n) is 3.32. The van der Waals surface area contributed by atoms with Gasteiger partial charge in [0.2, 0.25) is 0 Å². The summed E-state index contributed by atoms with van der Waals surface area (Å²) in [5.74, 6) is 0.413. The van der Waals surface area contributed by atoms with Gasteiger partial charge in [-0.3, -0.25) is 0 Å². The Balaban J connectivity index is 2.14. The van der Waals surface area contributed by atoms with Crippen molar-refractivity contribution < 1.29 is 9.13 Å². The molecule has 112 valence electrons. The lowest BCUT2D eigenvalue weighted by Crippen LogP contribution is -2.05. The molecule has 0 bridgehead atoms. The van der Waals surface area contributed by atoms with Gasteiger partial charge in [0.05, 0.1) is 5.02 Å². The fourth-order valence-corrected chi connectivity index (χ4v) is 2.48. The summed E-state index contributed by atoms with van der Waals surface area (Å²) in [5.41, 5.74) is 9.67. The van der Waals surface area contributed by atoms with Crippen molar-refractivity contribution in [2.75, 3.05) is 6.54 Å². The highest BCUT2D eigenvalue weighted by Gasteiger charge is 2.08. The normalized spacial score (nSPS) is 10.7. The third kappa shape index (κ3) is 3.96. The van der Waals surface area contributed by atoms with Crippen LogP contribution in [-0.2, 0) is 13.0 Å². The number of hydrogen-bond acceptors (Lipinski definition) is 2. The summed E-state index contributed by atoms with van der Waals surface area (Å²) in [7, 11) is 0. The predicted octanol–water partition coefficient (Wildman–Crippen LogP) is 4.18.